The predicted molar refractivity (Wildman–Crippen MR) is 171 cm³/mol. The van der Waals surface area contributed by atoms with Crippen LogP contribution in [0.5, 0.6) is 11.5 Å². The molecule has 6 rings (SSSR count). The predicted octanol–water partition coefficient (Wildman–Crippen LogP) is 8.86. The van der Waals surface area contributed by atoms with E-state index in [1.807, 2.05) is 18.2 Å². The van der Waals surface area contributed by atoms with E-state index in [1.165, 1.54) is 0 Å². The third-order valence-corrected chi connectivity index (χ3v) is 10.1. The quantitative estimate of drug-likeness (QED) is 0.145. The van der Waals surface area contributed by atoms with E-state index in [4.69, 9.17) is 60.6 Å². The molecule has 3 aromatic rings. The van der Waals surface area contributed by atoms with Crippen LogP contribution in [0.1, 0.15) is 58.8 Å². The van der Waals surface area contributed by atoms with E-state index in [0.717, 1.165) is 79.9 Å². The largest absolute Gasteiger partial charge is 0.496 e. The van der Waals surface area contributed by atoms with Gasteiger partial charge in [-0.15, -0.1) is 0 Å². The van der Waals surface area contributed by atoms with E-state index >= 15 is 0 Å². The Labute approximate surface area is 265 Å². The standard InChI is InChI=1S/C32H30Cl4N2O4/c1-40-23-15-18(37-11-3-4-12-37)7-9-20(23)22(21-10-8-19(16-24(21)41-2)38-13-5-6-14-38)17-25-26-27(32(39)42-25)29(34)31(36)30(35)28(26)33/h7-10,15-17,25H,3-6,11-14H2,1-2H3. The number of carbonyl (C=O) groups excluding carboxylic acids is 1. The monoisotopic (exact) mass is 646 g/mol. The highest BCUT2D eigenvalue weighted by molar-refractivity contribution is 6.53. The van der Waals surface area contributed by atoms with Crippen molar-refractivity contribution in [3.05, 3.63) is 84.8 Å². The lowest BCUT2D eigenvalue weighted by atomic mass is 9.92. The van der Waals surface area contributed by atoms with E-state index in [-0.39, 0.29) is 25.7 Å². The molecule has 0 bridgehead atoms. The summed E-state index contributed by atoms with van der Waals surface area (Å²) in [4.78, 5) is 17.7. The average molecular weight is 648 g/mol. The Morgan fingerprint density at radius 3 is 1.71 bits per heavy atom. The summed E-state index contributed by atoms with van der Waals surface area (Å²) in [5.41, 5.74) is 5.03. The minimum Gasteiger partial charge on any atom is -0.496 e. The van der Waals surface area contributed by atoms with Gasteiger partial charge in [0.2, 0.25) is 0 Å². The summed E-state index contributed by atoms with van der Waals surface area (Å²) in [6, 6.07) is 12.4. The van der Waals surface area contributed by atoms with E-state index in [1.54, 1.807) is 14.2 Å². The van der Waals surface area contributed by atoms with Crippen molar-refractivity contribution in [2.45, 2.75) is 31.8 Å². The van der Waals surface area contributed by atoms with E-state index in [2.05, 4.69) is 34.1 Å². The van der Waals surface area contributed by atoms with Gasteiger partial charge in [0.15, 0.2) is 0 Å². The van der Waals surface area contributed by atoms with Gasteiger partial charge in [-0.05, 0) is 61.6 Å². The second kappa shape index (κ2) is 12.1. The SMILES string of the molecule is COc1cc(N2CCCC2)ccc1C(=CC1OC(=O)c2c(Cl)c(Cl)c(Cl)c(Cl)c21)c1ccc(N2CCCC2)cc1OC. The topological polar surface area (TPSA) is 51.2 Å². The molecule has 0 aliphatic carbocycles. The number of halogens is 4. The Kier molecular flexibility index (Phi) is 8.43. The van der Waals surface area contributed by atoms with Crippen molar-refractivity contribution in [3.8, 4) is 11.5 Å². The van der Waals surface area contributed by atoms with E-state index in [0.29, 0.717) is 17.1 Å². The lowest BCUT2D eigenvalue weighted by molar-refractivity contribution is 0.0468. The van der Waals surface area contributed by atoms with Gasteiger partial charge in [-0.3, -0.25) is 0 Å². The van der Waals surface area contributed by atoms with Crippen LogP contribution in [0, 0.1) is 0 Å². The molecule has 0 amide bonds. The zero-order chi connectivity index (χ0) is 29.5. The van der Waals surface area contributed by atoms with Crippen molar-refractivity contribution in [3.63, 3.8) is 0 Å². The number of fused-ring (bicyclic) bond motifs is 1. The van der Waals surface area contributed by atoms with Crippen LogP contribution in [0.4, 0.5) is 11.4 Å². The Bertz CT molecular complexity index is 1510. The Morgan fingerprint density at radius 2 is 1.24 bits per heavy atom. The van der Waals surface area contributed by atoms with Gasteiger partial charge in [-0.2, -0.15) is 0 Å². The minimum absolute atomic E-state index is 0.0160. The van der Waals surface area contributed by atoms with Crippen molar-refractivity contribution in [1.82, 2.24) is 0 Å². The van der Waals surface area contributed by atoms with Gasteiger partial charge in [0.1, 0.15) is 17.6 Å². The number of methoxy groups -OCH3 is 2. The minimum atomic E-state index is -0.881. The Balaban J connectivity index is 1.54. The molecule has 6 nitrogen and oxygen atoms in total. The molecule has 0 spiro atoms. The highest BCUT2D eigenvalue weighted by Gasteiger charge is 2.38. The van der Waals surface area contributed by atoms with E-state index < -0.39 is 12.1 Å². The first kappa shape index (κ1) is 29.3. The number of carbonyl (C=O) groups is 1. The molecule has 220 valence electrons. The number of ether oxygens (including phenoxy) is 3. The number of rotatable bonds is 7. The maximum atomic E-state index is 13.0. The van der Waals surface area contributed by atoms with Gasteiger partial charge >= 0.3 is 5.97 Å². The van der Waals surface area contributed by atoms with Gasteiger partial charge in [0.05, 0.1) is 39.9 Å². The first-order valence-corrected chi connectivity index (χ1v) is 15.5. The normalized spacial score (nSPS) is 17.9. The van der Waals surface area contributed by atoms with Crippen LogP contribution in [-0.4, -0.2) is 46.4 Å². The average Bonchev–Trinajstić information content (AvgIpc) is 3.79. The van der Waals surface area contributed by atoms with Crippen LogP contribution in [0.2, 0.25) is 20.1 Å². The summed E-state index contributed by atoms with van der Waals surface area (Å²) in [5, 5.41) is 0.228. The van der Waals surface area contributed by atoms with Crippen molar-refractivity contribution in [1.29, 1.82) is 0 Å². The molecule has 1 unspecified atom stereocenters. The molecule has 2 saturated heterocycles. The van der Waals surface area contributed by atoms with Crippen molar-refractivity contribution in [2.75, 3.05) is 50.2 Å². The summed E-state index contributed by atoms with van der Waals surface area (Å²) in [6.07, 6.45) is 5.62. The summed E-state index contributed by atoms with van der Waals surface area (Å²) < 4.78 is 17.7. The number of nitrogens with zero attached hydrogens (tertiary/aromatic N) is 2. The van der Waals surface area contributed by atoms with Gasteiger partial charge in [-0.25, -0.2) is 4.79 Å². The fourth-order valence-electron chi connectivity index (χ4n) is 6.09. The van der Waals surface area contributed by atoms with Gasteiger partial charge in [0.25, 0.3) is 0 Å². The fraction of sp³-hybridized carbons (Fsp3) is 0.344. The highest BCUT2D eigenvalue weighted by Crippen LogP contribution is 2.50. The first-order chi connectivity index (χ1) is 20.3. The smallest absolute Gasteiger partial charge is 0.341 e. The molecule has 3 aliphatic rings. The second-order valence-corrected chi connectivity index (χ2v) is 12.1. The highest BCUT2D eigenvalue weighted by atomic mass is 35.5. The van der Waals surface area contributed by atoms with E-state index in [9.17, 15) is 4.79 Å². The number of esters is 1. The molecular weight excluding hydrogens is 618 g/mol. The molecule has 3 aromatic carbocycles. The molecule has 0 aromatic heterocycles. The molecular formula is C32H30Cl4N2O4. The van der Waals surface area contributed by atoms with Gasteiger partial charge in [0, 0.05) is 66.4 Å². The van der Waals surface area contributed by atoms with Crippen molar-refractivity contribution >= 4 is 69.3 Å². The molecule has 0 N–H and O–H groups in total. The van der Waals surface area contributed by atoms with Crippen molar-refractivity contribution < 1.29 is 19.0 Å². The maximum Gasteiger partial charge on any atom is 0.341 e. The summed E-state index contributed by atoms with van der Waals surface area (Å²) >= 11 is 25.8. The van der Waals surface area contributed by atoms with Gasteiger partial charge < -0.3 is 24.0 Å². The van der Waals surface area contributed by atoms with Gasteiger partial charge in [-0.1, -0.05) is 46.4 Å². The molecule has 0 saturated carbocycles. The zero-order valence-corrected chi connectivity index (χ0v) is 26.3. The lowest BCUT2D eigenvalue weighted by Crippen LogP contribution is -2.18. The Morgan fingerprint density at radius 1 is 0.762 bits per heavy atom. The molecule has 3 aliphatic heterocycles. The summed E-state index contributed by atoms with van der Waals surface area (Å²) in [5.74, 6) is 0.738. The second-order valence-electron chi connectivity index (χ2n) is 10.6. The van der Waals surface area contributed by atoms with Crippen LogP contribution in [0.15, 0.2) is 42.5 Å². The van der Waals surface area contributed by atoms with Crippen LogP contribution < -0.4 is 19.3 Å². The molecule has 42 heavy (non-hydrogen) atoms. The van der Waals surface area contributed by atoms with Crippen LogP contribution in [0.25, 0.3) is 5.57 Å². The number of cyclic esters (lactones) is 1. The molecule has 10 heteroatoms. The molecule has 1 atom stereocenters. The molecule has 3 heterocycles. The first-order valence-electron chi connectivity index (χ1n) is 14.0. The number of hydrogen-bond acceptors (Lipinski definition) is 6. The lowest BCUT2D eigenvalue weighted by Gasteiger charge is -2.23. The van der Waals surface area contributed by atoms with Crippen LogP contribution in [-0.2, 0) is 4.74 Å². The Hall–Kier alpha value is -2.77. The summed E-state index contributed by atoms with van der Waals surface area (Å²) in [6.45, 7) is 4.03. The zero-order valence-electron chi connectivity index (χ0n) is 23.3. The third-order valence-electron chi connectivity index (χ3n) is 8.24. The molecule has 2 fully saturated rings. The van der Waals surface area contributed by atoms with Crippen LogP contribution >= 0.6 is 46.4 Å². The summed E-state index contributed by atoms with van der Waals surface area (Å²) in [7, 11) is 3.31. The number of hydrogen-bond donors (Lipinski definition) is 0. The van der Waals surface area contributed by atoms with Crippen LogP contribution in [0.3, 0.4) is 0 Å². The number of anilines is 2. The van der Waals surface area contributed by atoms with Crippen molar-refractivity contribution in [2.24, 2.45) is 0 Å². The molecule has 0 radical (unpaired) electrons. The number of benzene rings is 3. The third kappa shape index (κ3) is 5.17. The fourth-order valence-corrected chi connectivity index (χ4v) is 7.14. The maximum absolute atomic E-state index is 13.0.